The molecular weight excluding hydrogens is 174 g/mol. The van der Waals surface area contributed by atoms with Gasteiger partial charge >= 0.3 is 0 Å². The predicted molar refractivity (Wildman–Crippen MR) is 58.2 cm³/mol. The van der Waals surface area contributed by atoms with Crippen molar-refractivity contribution in [1.29, 1.82) is 0 Å². The summed E-state index contributed by atoms with van der Waals surface area (Å²) in [4.78, 5) is 4.41. The molecule has 0 atom stereocenters. The van der Waals surface area contributed by atoms with Crippen LogP contribution >= 0.6 is 0 Å². The van der Waals surface area contributed by atoms with Crippen molar-refractivity contribution in [3.8, 4) is 0 Å². The maximum Gasteiger partial charge on any atom is 0.139 e. The van der Waals surface area contributed by atoms with E-state index in [9.17, 15) is 0 Å². The zero-order valence-corrected chi connectivity index (χ0v) is 8.62. The molecule has 0 radical (unpaired) electrons. The van der Waals surface area contributed by atoms with Crippen molar-refractivity contribution in [2.45, 2.75) is 13.3 Å². The first-order valence-corrected chi connectivity index (χ1v) is 4.83. The Hall–Kier alpha value is -1.35. The molecule has 3 heteroatoms. The van der Waals surface area contributed by atoms with E-state index in [2.05, 4.69) is 28.7 Å². The molecule has 0 aliphatic carbocycles. The average molecular weight is 189 g/mol. The molecule has 2 heterocycles. The van der Waals surface area contributed by atoms with Gasteiger partial charge in [0, 0.05) is 24.8 Å². The van der Waals surface area contributed by atoms with Gasteiger partial charge in [-0.05, 0) is 37.1 Å². The van der Waals surface area contributed by atoms with E-state index >= 15 is 0 Å². The van der Waals surface area contributed by atoms with Crippen molar-refractivity contribution >= 4 is 11.0 Å². The molecule has 0 spiro atoms. The molecular formula is C11H15N3. The van der Waals surface area contributed by atoms with Gasteiger partial charge in [-0.3, -0.25) is 0 Å². The number of aromatic nitrogens is 2. The number of hydrogen-bond acceptors (Lipinski definition) is 2. The molecule has 0 saturated heterocycles. The Labute approximate surface area is 83.6 Å². The Morgan fingerprint density at radius 1 is 1.50 bits per heavy atom. The summed E-state index contributed by atoms with van der Waals surface area (Å²) >= 11 is 0. The van der Waals surface area contributed by atoms with Crippen LogP contribution in [-0.2, 0) is 13.5 Å². The predicted octanol–water partition coefficient (Wildman–Crippen LogP) is 1.38. The molecule has 0 fully saturated rings. The number of rotatable bonds is 2. The van der Waals surface area contributed by atoms with Crippen molar-refractivity contribution < 1.29 is 0 Å². The Morgan fingerprint density at radius 3 is 3.00 bits per heavy atom. The molecule has 0 aliphatic heterocycles. The number of nitrogens with two attached hydrogens (primary N) is 1. The third-order valence-corrected chi connectivity index (χ3v) is 2.45. The van der Waals surface area contributed by atoms with Crippen molar-refractivity contribution in [3.05, 3.63) is 29.6 Å². The summed E-state index contributed by atoms with van der Waals surface area (Å²) in [6.07, 6.45) is 4.93. The summed E-state index contributed by atoms with van der Waals surface area (Å²) in [6, 6.07) is 2.17. The van der Waals surface area contributed by atoms with E-state index in [0.29, 0.717) is 6.54 Å². The average Bonchev–Trinajstić information content (AvgIpc) is 2.44. The van der Waals surface area contributed by atoms with Crippen LogP contribution in [0.2, 0.25) is 0 Å². The number of fused-ring (bicyclic) bond motifs is 1. The van der Waals surface area contributed by atoms with Gasteiger partial charge in [0.05, 0.1) is 0 Å². The fourth-order valence-corrected chi connectivity index (χ4v) is 1.80. The summed E-state index contributed by atoms with van der Waals surface area (Å²) in [5.41, 5.74) is 9.10. The van der Waals surface area contributed by atoms with Crippen LogP contribution in [0.4, 0.5) is 0 Å². The number of aryl methyl sites for hydroxylation is 2. The maximum atomic E-state index is 5.57. The quantitative estimate of drug-likeness (QED) is 0.775. The molecule has 0 saturated carbocycles. The second-order valence-corrected chi connectivity index (χ2v) is 3.69. The van der Waals surface area contributed by atoms with Crippen molar-refractivity contribution in [2.24, 2.45) is 12.8 Å². The lowest BCUT2D eigenvalue weighted by Gasteiger charge is -1.97. The summed E-state index contributed by atoms with van der Waals surface area (Å²) in [5.74, 6) is 0. The summed E-state index contributed by atoms with van der Waals surface area (Å²) in [6.45, 7) is 2.75. The van der Waals surface area contributed by atoms with Gasteiger partial charge in [0.15, 0.2) is 0 Å². The molecule has 2 N–H and O–H groups in total. The second-order valence-electron chi connectivity index (χ2n) is 3.69. The summed E-state index contributed by atoms with van der Waals surface area (Å²) in [7, 11) is 2.02. The highest BCUT2D eigenvalue weighted by Crippen LogP contribution is 2.19. The third-order valence-electron chi connectivity index (χ3n) is 2.45. The zero-order valence-electron chi connectivity index (χ0n) is 8.62. The smallest absolute Gasteiger partial charge is 0.139 e. The minimum absolute atomic E-state index is 0.688. The molecule has 0 bridgehead atoms. The first kappa shape index (κ1) is 9.21. The van der Waals surface area contributed by atoms with Gasteiger partial charge in [0.2, 0.25) is 0 Å². The second kappa shape index (κ2) is 3.42. The summed E-state index contributed by atoms with van der Waals surface area (Å²) < 4.78 is 2.06. The standard InChI is InChI=1S/C11H15N3/c1-8-5-10-9(3-4-12)7-14(2)11(10)13-6-8/h5-7H,3-4,12H2,1-2H3. The molecule has 3 nitrogen and oxygen atoms in total. The molecule has 14 heavy (non-hydrogen) atoms. The molecule has 2 aromatic rings. The molecule has 2 aromatic heterocycles. The highest BCUT2D eigenvalue weighted by molar-refractivity contribution is 5.81. The van der Waals surface area contributed by atoms with Gasteiger partial charge in [-0.15, -0.1) is 0 Å². The van der Waals surface area contributed by atoms with Crippen molar-refractivity contribution in [2.75, 3.05) is 6.54 Å². The SMILES string of the molecule is Cc1cnc2c(c1)c(CCN)cn2C. The topological polar surface area (TPSA) is 43.8 Å². The van der Waals surface area contributed by atoms with E-state index in [-0.39, 0.29) is 0 Å². The van der Waals surface area contributed by atoms with E-state index in [1.54, 1.807) is 0 Å². The fourth-order valence-electron chi connectivity index (χ4n) is 1.80. The van der Waals surface area contributed by atoms with E-state index < -0.39 is 0 Å². The van der Waals surface area contributed by atoms with Gasteiger partial charge in [0.1, 0.15) is 5.65 Å². The zero-order chi connectivity index (χ0) is 10.1. The van der Waals surface area contributed by atoms with Crippen LogP contribution in [0.25, 0.3) is 11.0 Å². The van der Waals surface area contributed by atoms with Gasteiger partial charge in [-0.25, -0.2) is 4.98 Å². The molecule has 74 valence electrons. The lowest BCUT2D eigenvalue weighted by molar-refractivity contribution is 0.919. The monoisotopic (exact) mass is 189 g/mol. The maximum absolute atomic E-state index is 5.57. The highest BCUT2D eigenvalue weighted by Gasteiger charge is 2.06. The molecule has 0 amide bonds. The van der Waals surface area contributed by atoms with Crippen LogP contribution in [0.3, 0.4) is 0 Å². The van der Waals surface area contributed by atoms with E-state index in [1.165, 1.54) is 16.5 Å². The number of nitrogens with zero attached hydrogens (tertiary/aromatic N) is 2. The lowest BCUT2D eigenvalue weighted by Crippen LogP contribution is -2.01. The molecule has 0 unspecified atom stereocenters. The van der Waals surface area contributed by atoms with Crippen LogP contribution in [0.15, 0.2) is 18.5 Å². The largest absolute Gasteiger partial charge is 0.335 e. The minimum Gasteiger partial charge on any atom is -0.335 e. The minimum atomic E-state index is 0.688. The lowest BCUT2D eigenvalue weighted by atomic mass is 10.1. The van der Waals surface area contributed by atoms with E-state index in [4.69, 9.17) is 5.73 Å². The first-order valence-electron chi connectivity index (χ1n) is 4.83. The van der Waals surface area contributed by atoms with Crippen LogP contribution in [0, 0.1) is 6.92 Å². The fraction of sp³-hybridized carbons (Fsp3) is 0.364. The third kappa shape index (κ3) is 1.40. The van der Waals surface area contributed by atoms with Crippen LogP contribution in [0.5, 0.6) is 0 Å². The van der Waals surface area contributed by atoms with Gasteiger partial charge in [-0.2, -0.15) is 0 Å². The molecule has 0 aliphatic rings. The number of pyridine rings is 1. The van der Waals surface area contributed by atoms with E-state index in [0.717, 1.165) is 12.1 Å². The Kier molecular flexibility index (Phi) is 2.25. The van der Waals surface area contributed by atoms with Gasteiger partial charge < -0.3 is 10.3 Å². The molecule has 2 rings (SSSR count). The Morgan fingerprint density at radius 2 is 2.29 bits per heavy atom. The van der Waals surface area contributed by atoms with Crippen molar-refractivity contribution in [3.63, 3.8) is 0 Å². The Bertz CT molecular complexity index is 457. The summed E-state index contributed by atoms with van der Waals surface area (Å²) in [5, 5.41) is 1.23. The number of hydrogen-bond donors (Lipinski definition) is 1. The first-order chi connectivity index (χ1) is 6.72. The van der Waals surface area contributed by atoms with Crippen LogP contribution < -0.4 is 5.73 Å². The Balaban J connectivity index is 2.66. The highest BCUT2D eigenvalue weighted by atomic mass is 15.0. The van der Waals surface area contributed by atoms with E-state index in [1.807, 2.05) is 13.2 Å². The van der Waals surface area contributed by atoms with Gasteiger partial charge in [-0.1, -0.05) is 0 Å². The normalized spacial score (nSPS) is 11.1. The van der Waals surface area contributed by atoms with Crippen LogP contribution in [0.1, 0.15) is 11.1 Å². The van der Waals surface area contributed by atoms with Gasteiger partial charge in [0.25, 0.3) is 0 Å². The van der Waals surface area contributed by atoms with Crippen molar-refractivity contribution in [1.82, 2.24) is 9.55 Å². The van der Waals surface area contributed by atoms with Crippen LogP contribution in [-0.4, -0.2) is 16.1 Å². The molecule has 0 aromatic carbocycles.